The average molecular weight is 291 g/mol. The summed E-state index contributed by atoms with van der Waals surface area (Å²) in [7, 11) is 1.81. The van der Waals surface area contributed by atoms with Gasteiger partial charge in [-0.05, 0) is 19.3 Å². The predicted octanol–water partition coefficient (Wildman–Crippen LogP) is 1.94. The number of carbonyl (C=O) groups is 1. The maximum absolute atomic E-state index is 12.4. The molecule has 2 rings (SSSR count). The molecule has 0 spiro atoms. The zero-order valence-electron chi connectivity index (χ0n) is 13.0. The molecule has 0 aliphatic rings. The molecular formula is C14H21N5O2. The van der Waals surface area contributed by atoms with Crippen LogP contribution < -0.4 is 5.32 Å². The Balaban J connectivity index is 2.21. The lowest BCUT2D eigenvalue weighted by Crippen LogP contribution is -2.31. The van der Waals surface area contributed by atoms with E-state index in [1.54, 1.807) is 18.5 Å². The highest BCUT2D eigenvalue weighted by molar-refractivity contribution is 5.92. The van der Waals surface area contributed by atoms with Gasteiger partial charge in [-0.25, -0.2) is 9.97 Å². The van der Waals surface area contributed by atoms with Crippen LogP contribution in [0.15, 0.2) is 10.7 Å². The highest BCUT2D eigenvalue weighted by Gasteiger charge is 2.24. The van der Waals surface area contributed by atoms with Crippen LogP contribution in [0.4, 0.5) is 0 Å². The molecule has 0 aromatic carbocycles. The molecule has 0 saturated heterocycles. The standard InChI is InChI=1S/C14H21N5O2/c1-8(2)6-11(13-15-7-16-19(13)5)18-14(20)12-9(3)17-10(4)21-12/h7-8,11H,6H2,1-5H3,(H,18,20)/t11-/m0/s1. The second kappa shape index (κ2) is 6.07. The van der Waals surface area contributed by atoms with Gasteiger partial charge in [0.05, 0.1) is 11.7 Å². The molecule has 0 aliphatic heterocycles. The van der Waals surface area contributed by atoms with Gasteiger partial charge < -0.3 is 9.73 Å². The number of nitrogens with one attached hydrogen (secondary N) is 1. The van der Waals surface area contributed by atoms with Crippen LogP contribution in [0, 0.1) is 19.8 Å². The Morgan fingerprint density at radius 1 is 1.43 bits per heavy atom. The molecule has 21 heavy (non-hydrogen) atoms. The lowest BCUT2D eigenvalue weighted by Gasteiger charge is -2.19. The summed E-state index contributed by atoms with van der Waals surface area (Å²) in [5.41, 5.74) is 0.589. The SMILES string of the molecule is Cc1nc(C)c(C(=O)N[C@@H](CC(C)C)c2ncnn2C)o1. The molecule has 2 aromatic heterocycles. The van der Waals surface area contributed by atoms with Gasteiger partial charge in [-0.1, -0.05) is 13.8 Å². The van der Waals surface area contributed by atoms with Crippen molar-refractivity contribution < 1.29 is 9.21 Å². The van der Waals surface area contributed by atoms with Gasteiger partial charge in [-0.15, -0.1) is 0 Å². The molecule has 0 fully saturated rings. The summed E-state index contributed by atoms with van der Waals surface area (Å²) >= 11 is 0. The van der Waals surface area contributed by atoms with Crippen LogP contribution in [0.2, 0.25) is 0 Å². The molecule has 0 aliphatic carbocycles. The van der Waals surface area contributed by atoms with Gasteiger partial charge in [0.1, 0.15) is 12.2 Å². The molecule has 0 bridgehead atoms. The maximum atomic E-state index is 12.4. The van der Waals surface area contributed by atoms with Crippen molar-refractivity contribution in [2.24, 2.45) is 13.0 Å². The van der Waals surface area contributed by atoms with E-state index in [0.29, 0.717) is 17.5 Å². The van der Waals surface area contributed by atoms with Gasteiger partial charge in [0.25, 0.3) is 5.91 Å². The van der Waals surface area contributed by atoms with E-state index in [2.05, 4.69) is 34.2 Å². The third-order valence-electron chi connectivity index (χ3n) is 3.18. The monoisotopic (exact) mass is 291 g/mol. The van der Waals surface area contributed by atoms with E-state index in [-0.39, 0.29) is 17.7 Å². The Morgan fingerprint density at radius 2 is 2.14 bits per heavy atom. The van der Waals surface area contributed by atoms with Gasteiger partial charge in [-0.2, -0.15) is 5.10 Å². The fourth-order valence-electron chi connectivity index (χ4n) is 2.29. The lowest BCUT2D eigenvalue weighted by atomic mass is 10.0. The summed E-state index contributed by atoms with van der Waals surface area (Å²) in [6.07, 6.45) is 2.25. The number of hydrogen-bond donors (Lipinski definition) is 1. The fourth-order valence-corrected chi connectivity index (χ4v) is 2.29. The molecule has 7 nitrogen and oxygen atoms in total. The Bertz CT molecular complexity index is 629. The van der Waals surface area contributed by atoms with Crippen LogP contribution in [0.25, 0.3) is 0 Å². The van der Waals surface area contributed by atoms with Crippen LogP contribution in [-0.2, 0) is 7.05 Å². The summed E-state index contributed by atoms with van der Waals surface area (Å²) in [5, 5.41) is 7.03. The van der Waals surface area contributed by atoms with Crippen LogP contribution in [0.5, 0.6) is 0 Å². The normalized spacial score (nSPS) is 12.7. The smallest absolute Gasteiger partial charge is 0.289 e. The van der Waals surface area contributed by atoms with Crippen molar-refractivity contribution in [2.75, 3.05) is 0 Å². The summed E-state index contributed by atoms with van der Waals surface area (Å²) in [4.78, 5) is 20.7. The Kier molecular flexibility index (Phi) is 4.40. The van der Waals surface area contributed by atoms with Gasteiger partial charge >= 0.3 is 0 Å². The minimum Gasteiger partial charge on any atom is -0.436 e. The summed E-state index contributed by atoms with van der Waals surface area (Å²) in [6.45, 7) is 7.67. The van der Waals surface area contributed by atoms with Crippen LogP contribution in [-0.4, -0.2) is 25.7 Å². The largest absolute Gasteiger partial charge is 0.436 e. The number of aryl methyl sites for hydroxylation is 3. The molecular weight excluding hydrogens is 270 g/mol. The van der Waals surface area contributed by atoms with Gasteiger partial charge in [0, 0.05) is 14.0 Å². The van der Waals surface area contributed by atoms with Crippen LogP contribution in [0.3, 0.4) is 0 Å². The van der Waals surface area contributed by atoms with Gasteiger partial charge in [0.2, 0.25) is 5.76 Å². The van der Waals surface area contributed by atoms with Gasteiger partial charge in [0.15, 0.2) is 5.89 Å². The highest BCUT2D eigenvalue weighted by atomic mass is 16.4. The second-order valence-electron chi connectivity index (χ2n) is 5.54. The van der Waals surface area contributed by atoms with Crippen LogP contribution >= 0.6 is 0 Å². The van der Waals surface area contributed by atoms with E-state index in [0.717, 1.165) is 12.2 Å². The van der Waals surface area contributed by atoms with Crippen LogP contribution in [0.1, 0.15) is 54.3 Å². The molecule has 1 N–H and O–H groups in total. The fraction of sp³-hybridized carbons (Fsp3) is 0.571. The third-order valence-corrected chi connectivity index (χ3v) is 3.18. The highest BCUT2D eigenvalue weighted by Crippen LogP contribution is 2.20. The first-order valence-electron chi connectivity index (χ1n) is 6.97. The Hall–Kier alpha value is -2.18. The molecule has 0 radical (unpaired) electrons. The van der Waals surface area contributed by atoms with Gasteiger partial charge in [-0.3, -0.25) is 9.48 Å². The molecule has 0 saturated carbocycles. The van der Waals surface area contributed by atoms with Crippen molar-refractivity contribution in [3.8, 4) is 0 Å². The molecule has 2 heterocycles. The van der Waals surface area contributed by atoms with E-state index in [4.69, 9.17) is 4.42 Å². The van der Waals surface area contributed by atoms with E-state index in [1.807, 2.05) is 7.05 Å². The first-order valence-corrected chi connectivity index (χ1v) is 6.97. The van der Waals surface area contributed by atoms with E-state index >= 15 is 0 Å². The number of aromatic nitrogens is 4. The summed E-state index contributed by atoms with van der Waals surface area (Å²) in [5.74, 6) is 1.59. The second-order valence-corrected chi connectivity index (χ2v) is 5.54. The number of hydrogen-bond acceptors (Lipinski definition) is 5. The third kappa shape index (κ3) is 3.48. The quantitative estimate of drug-likeness (QED) is 0.909. The lowest BCUT2D eigenvalue weighted by molar-refractivity contribution is 0.0898. The molecule has 1 atom stereocenters. The van der Waals surface area contributed by atoms with Crippen molar-refractivity contribution in [3.05, 3.63) is 29.5 Å². The van der Waals surface area contributed by atoms with Crippen molar-refractivity contribution >= 4 is 5.91 Å². The van der Waals surface area contributed by atoms with E-state index in [9.17, 15) is 4.79 Å². The maximum Gasteiger partial charge on any atom is 0.289 e. The number of nitrogens with zero attached hydrogens (tertiary/aromatic N) is 4. The van der Waals surface area contributed by atoms with Crippen molar-refractivity contribution in [1.82, 2.24) is 25.1 Å². The number of oxazole rings is 1. The average Bonchev–Trinajstić information content (AvgIpc) is 2.93. The number of rotatable bonds is 5. The number of amides is 1. The number of carbonyl (C=O) groups excluding carboxylic acids is 1. The van der Waals surface area contributed by atoms with Crippen molar-refractivity contribution in [2.45, 2.75) is 40.2 Å². The minimum absolute atomic E-state index is 0.213. The van der Waals surface area contributed by atoms with Crippen molar-refractivity contribution in [1.29, 1.82) is 0 Å². The summed E-state index contributed by atoms with van der Waals surface area (Å²) in [6, 6.07) is -0.213. The van der Waals surface area contributed by atoms with E-state index in [1.165, 1.54) is 6.33 Å². The molecule has 2 aromatic rings. The minimum atomic E-state index is -0.276. The zero-order chi connectivity index (χ0) is 15.6. The molecule has 0 unspecified atom stereocenters. The molecule has 7 heteroatoms. The first-order chi connectivity index (χ1) is 9.88. The Morgan fingerprint density at radius 3 is 2.62 bits per heavy atom. The van der Waals surface area contributed by atoms with E-state index < -0.39 is 0 Å². The Labute approximate surface area is 123 Å². The first kappa shape index (κ1) is 15.2. The molecule has 114 valence electrons. The molecule has 1 amide bonds. The predicted molar refractivity (Wildman–Crippen MR) is 76.6 cm³/mol. The van der Waals surface area contributed by atoms with Crippen molar-refractivity contribution in [3.63, 3.8) is 0 Å². The zero-order valence-corrected chi connectivity index (χ0v) is 13.0. The summed E-state index contributed by atoms with van der Waals surface area (Å²) < 4.78 is 7.04. The topological polar surface area (TPSA) is 85.8 Å².